The number of rotatable bonds is 1. The SMILES string of the molecule is O=NC(=O)C1=CCCN=C1. The molecule has 52 valence electrons. The summed E-state index contributed by atoms with van der Waals surface area (Å²) >= 11 is 0. The van der Waals surface area contributed by atoms with Crippen molar-refractivity contribution in [2.45, 2.75) is 6.42 Å². The summed E-state index contributed by atoms with van der Waals surface area (Å²) in [6.07, 6.45) is 3.76. The molecular weight excluding hydrogens is 132 g/mol. The van der Waals surface area contributed by atoms with E-state index in [-0.39, 0.29) is 0 Å². The molecular formula is C6H6N2O2. The highest BCUT2D eigenvalue weighted by Crippen LogP contribution is 2.01. The van der Waals surface area contributed by atoms with E-state index in [1.807, 2.05) is 0 Å². The first-order chi connectivity index (χ1) is 4.84. The molecule has 1 amide bonds. The van der Waals surface area contributed by atoms with Crippen molar-refractivity contribution in [2.24, 2.45) is 10.2 Å². The predicted molar refractivity (Wildman–Crippen MR) is 36.9 cm³/mol. The van der Waals surface area contributed by atoms with Crippen LogP contribution in [-0.4, -0.2) is 18.7 Å². The standard InChI is InChI=1S/C6H6N2O2/c9-6(8-10)5-2-1-3-7-4-5/h2,4H,1,3H2. The van der Waals surface area contributed by atoms with Gasteiger partial charge in [0.2, 0.25) is 0 Å². The average Bonchev–Trinajstić information content (AvgIpc) is 2.05. The Morgan fingerprint density at radius 2 is 2.50 bits per heavy atom. The van der Waals surface area contributed by atoms with E-state index in [9.17, 15) is 9.70 Å². The van der Waals surface area contributed by atoms with E-state index >= 15 is 0 Å². The van der Waals surface area contributed by atoms with Crippen molar-refractivity contribution < 1.29 is 4.79 Å². The van der Waals surface area contributed by atoms with E-state index < -0.39 is 5.91 Å². The molecule has 10 heavy (non-hydrogen) atoms. The number of aliphatic imine (C=N–C) groups is 1. The van der Waals surface area contributed by atoms with Gasteiger partial charge in [-0.15, -0.1) is 4.91 Å². The van der Waals surface area contributed by atoms with E-state index in [0.717, 1.165) is 0 Å². The Bertz CT molecular complexity index is 218. The molecule has 0 saturated heterocycles. The van der Waals surface area contributed by atoms with Gasteiger partial charge in [-0.25, -0.2) is 0 Å². The second-order valence-corrected chi connectivity index (χ2v) is 1.88. The van der Waals surface area contributed by atoms with Crippen LogP contribution in [0, 0.1) is 4.91 Å². The van der Waals surface area contributed by atoms with Crippen molar-refractivity contribution in [3.8, 4) is 0 Å². The minimum Gasteiger partial charge on any atom is -0.292 e. The molecule has 0 radical (unpaired) electrons. The quantitative estimate of drug-likeness (QED) is 0.500. The number of dihydropyridines is 1. The predicted octanol–water partition coefficient (Wildman–Crippen LogP) is 0.680. The molecule has 1 aliphatic heterocycles. The van der Waals surface area contributed by atoms with Crippen molar-refractivity contribution in [3.63, 3.8) is 0 Å². The van der Waals surface area contributed by atoms with Crippen LogP contribution >= 0.6 is 0 Å². The maximum absolute atomic E-state index is 10.5. The molecule has 4 heteroatoms. The minimum absolute atomic E-state index is 0.307. The topological polar surface area (TPSA) is 58.9 Å². The second-order valence-electron chi connectivity index (χ2n) is 1.88. The van der Waals surface area contributed by atoms with Gasteiger partial charge in [0.1, 0.15) is 0 Å². The average molecular weight is 138 g/mol. The highest BCUT2D eigenvalue weighted by Gasteiger charge is 2.07. The zero-order valence-electron chi connectivity index (χ0n) is 5.28. The fourth-order valence-electron chi connectivity index (χ4n) is 0.705. The highest BCUT2D eigenvalue weighted by molar-refractivity contribution is 6.12. The molecule has 1 rings (SSSR count). The molecule has 0 atom stereocenters. The summed E-state index contributed by atoms with van der Waals surface area (Å²) in [6, 6.07) is 0. The fourth-order valence-corrected chi connectivity index (χ4v) is 0.705. The van der Waals surface area contributed by atoms with Gasteiger partial charge in [0, 0.05) is 17.9 Å². The van der Waals surface area contributed by atoms with E-state index in [2.05, 4.69) is 10.2 Å². The lowest BCUT2D eigenvalue weighted by molar-refractivity contribution is -0.114. The Morgan fingerprint density at radius 1 is 1.70 bits per heavy atom. The van der Waals surface area contributed by atoms with Crippen molar-refractivity contribution in [1.82, 2.24) is 0 Å². The van der Waals surface area contributed by atoms with E-state index in [1.165, 1.54) is 6.21 Å². The van der Waals surface area contributed by atoms with E-state index in [4.69, 9.17) is 0 Å². The first-order valence-electron chi connectivity index (χ1n) is 2.92. The van der Waals surface area contributed by atoms with Gasteiger partial charge < -0.3 is 0 Å². The summed E-state index contributed by atoms with van der Waals surface area (Å²) in [5.74, 6) is -0.733. The van der Waals surface area contributed by atoms with Gasteiger partial charge in [-0.2, -0.15) is 0 Å². The summed E-state index contributed by atoms with van der Waals surface area (Å²) in [6.45, 7) is 0.690. The maximum Gasteiger partial charge on any atom is 0.317 e. The molecule has 1 aliphatic rings. The van der Waals surface area contributed by atoms with Gasteiger partial charge in [0.15, 0.2) is 0 Å². The van der Waals surface area contributed by atoms with Crippen LogP contribution in [0.15, 0.2) is 21.8 Å². The molecule has 0 spiro atoms. The van der Waals surface area contributed by atoms with Gasteiger partial charge >= 0.3 is 5.91 Å². The third-order valence-electron chi connectivity index (χ3n) is 1.18. The van der Waals surface area contributed by atoms with Crippen LogP contribution in [0.5, 0.6) is 0 Å². The minimum atomic E-state index is -0.733. The lowest BCUT2D eigenvalue weighted by atomic mass is 10.2. The monoisotopic (exact) mass is 138 g/mol. The third kappa shape index (κ3) is 1.34. The Morgan fingerprint density at radius 3 is 3.00 bits per heavy atom. The van der Waals surface area contributed by atoms with Crippen LogP contribution in [0.25, 0.3) is 0 Å². The van der Waals surface area contributed by atoms with Gasteiger partial charge in [-0.05, 0) is 6.42 Å². The molecule has 0 aromatic rings. The fraction of sp³-hybridized carbons (Fsp3) is 0.333. The lowest BCUT2D eigenvalue weighted by Gasteiger charge is -1.98. The van der Waals surface area contributed by atoms with Gasteiger partial charge in [-0.3, -0.25) is 9.79 Å². The summed E-state index contributed by atoms with van der Waals surface area (Å²) in [7, 11) is 0. The number of carbonyl (C=O) groups is 1. The molecule has 0 N–H and O–H groups in total. The smallest absolute Gasteiger partial charge is 0.292 e. The van der Waals surface area contributed by atoms with Gasteiger partial charge in [-0.1, -0.05) is 6.08 Å². The summed E-state index contributed by atoms with van der Waals surface area (Å²) in [5.41, 5.74) is 0.307. The molecule has 0 aromatic carbocycles. The van der Waals surface area contributed by atoms with Crippen LogP contribution in [0.2, 0.25) is 0 Å². The maximum atomic E-state index is 10.5. The van der Waals surface area contributed by atoms with Crippen molar-refractivity contribution >= 4 is 12.1 Å². The molecule has 1 heterocycles. The third-order valence-corrected chi connectivity index (χ3v) is 1.18. The zero-order chi connectivity index (χ0) is 7.40. The Hall–Kier alpha value is -1.32. The molecule has 4 nitrogen and oxygen atoms in total. The van der Waals surface area contributed by atoms with Gasteiger partial charge in [0.25, 0.3) is 0 Å². The van der Waals surface area contributed by atoms with Crippen molar-refractivity contribution in [2.75, 3.05) is 6.54 Å². The number of nitrogens with zero attached hydrogens (tertiary/aromatic N) is 2. The van der Waals surface area contributed by atoms with Crippen LogP contribution < -0.4 is 0 Å². The van der Waals surface area contributed by atoms with E-state index in [0.29, 0.717) is 18.5 Å². The number of carbonyl (C=O) groups excluding carboxylic acids is 1. The molecule has 0 fully saturated rings. The largest absolute Gasteiger partial charge is 0.317 e. The number of amides is 1. The normalized spacial score (nSPS) is 16.2. The first-order valence-corrected chi connectivity index (χ1v) is 2.92. The highest BCUT2D eigenvalue weighted by atomic mass is 16.3. The van der Waals surface area contributed by atoms with Gasteiger partial charge in [0.05, 0.1) is 5.57 Å². The number of hydrogen-bond donors (Lipinski definition) is 0. The Balaban J connectivity index is 2.72. The summed E-state index contributed by atoms with van der Waals surface area (Å²) < 4.78 is 0. The van der Waals surface area contributed by atoms with E-state index in [1.54, 1.807) is 6.08 Å². The van der Waals surface area contributed by atoms with Crippen LogP contribution in [-0.2, 0) is 4.79 Å². The first kappa shape index (κ1) is 6.80. The Labute approximate surface area is 57.6 Å². The Kier molecular flexibility index (Phi) is 2.04. The zero-order valence-corrected chi connectivity index (χ0v) is 5.28. The second kappa shape index (κ2) is 3.00. The molecule has 0 aliphatic carbocycles. The summed E-state index contributed by atoms with van der Waals surface area (Å²) in [5, 5.41) is 2.26. The van der Waals surface area contributed by atoms with Crippen molar-refractivity contribution in [3.05, 3.63) is 16.6 Å². The lowest BCUT2D eigenvalue weighted by Crippen LogP contribution is -2.03. The molecule has 0 aromatic heterocycles. The number of nitroso groups, excluding NO2 is 1. The summed E-state index contributed by atoms with van der Waals surface area (Å²) in [4.78, 5) is 24.0. The van der Waals surface area contributed by atoms with Crippen LogP contribution in [0.3, 0.4) is 0 Å². The van der Waals surface area contributed by atoms with Crippen LogP contribution in [0.4, 0.5) is 0 Å². The molecule has 0 saturated carbocycles. The number of hydrogen-bond acceptors (Lipinski definition) is 3. The molecule has 0 unspecified atom stereocenters. The molecule has 0 bridgehead atoms. The van der Waals surface area contributed by atoms with Crippen LogP contribution in [0.1, 0.15) is 6.42 Å². The van der Waals surface area contributed by atoms with Crippen molar-refractivity contribution in [1.29, 1.82) is 0 Å².